The highest BCUT2D eigenvalue weighted by Gasteiger charge is 2.14. The minimum atomic E-state index is -0.487. The summed E-state index contributed by atoms with van der Waals surface area (Å²) >= 11 is 0. The normalized spacial score (nSPS) is 10.6. The van der Waals surface area contributed by atoms with E-state index in [0.29, 0.717) is 28.7 Å². The number of nitro benzene ring substituents is 1. The topological polar surface area (TPSA) is 124 Å². The maximum atomic E-state index is 12.0. The van der Waals surface area contributed by atoms with E-state index in [0.717, 1.165) is 0 Å². The summed E-state index contributed by atoms with van der Waals surface area (Å²) < 4.78 is 10.2. The van der Waals surface area contributed by atoms with E-state index in [1.54, 1.807) is 31.2 Å². The van der Waals surface area contributed by atoms with E-state index in [4.69, 9.17) is 8.94 Å². The van der Waals surface area contributed by atoms with E-state index in [2.05, 4.69) is 15.5 Å². The summed E-state index contributed by atoms with van der Waals surface area (Å²) in [5.74, 6) is 0.785. The van der Waals surface area contributed by atoms with Crippen LogP contribution in [-0.4, -0.2) is 21.0 Å². The number of aromatic nitrogens is 2. The van der Waals surface area contributed by atoms with Gasteiger partial charge in [0.2, 0.25) is 17.6 Å². The maximum Gasteiger partial charge on any atom is 0.274 e. The highest BCUT2D eigenvalue weighted by molar-refractivity contribution is 5.91. The Morgan fingerprint density at radius 2 is 2.20 bits per heavy atom. The Bertz CT molecular complexity index is 901. The van der Waals surface area contributed by atoms with Crippen molar-refractivity contribution in [3.63, 3.8) is 0 Å². The monoisotopic (exact) mass is 342 g/mol. The van der Waals surface area contributed by atoms with Gasteiger partial charge in [0.1, 0.15) is 0 Å². The first-order valence-corrected chi connectivity index (χ1v) is 7.44. The van der Waals surface area contributed by atoms with Gasteiger partial charge in [-0.1, -0.05) is 11.2 Å². The summed E-state index contributed by atoms with van der Waals surface area (Å²) in [5, 5.41) is 17.3. The molecule has 9 nitrogen and oxygen atoms in total. The first-order chi connectivity index (χ1) is 12.0. The highest BCUT2D eigenvalue weighted by Crippen LogP contribution is 2.22. The smallest absolute Gasteiger partial charge is 0.274 e. The van der Waals surface area contributed by atoms with E-state index < -0.39 is 4.92 Å². The number of aryl methyl sites for hydroxylation is 2. The Hall–Kier alpha value is -3.49. The van der Waals surface area contributed by atoms with Crippen molar-refractivity contribution in [2.24, 2.45) is 0 Å². The molecule has 0 saturated heterocycles. The standard InChI is InChI=1S/C16H14N4O5/c1-10-4-5-11(9-12(10)20(22)23)17-14(21)6-7-15-18-16(19-25-15)13-3-2-8-24-13/h2-5,8-9H,6-7H2,1H3,(H,17,21). The van der Waals surface area contributed by atoms with Crippen molar-refractivity contribution in [1.29, 1.82) is 0 Å². The molecule has 0 fully saturated rings. The Morgan fingerprint density at radius 3 is 2.92 bits per heavy atom. The van der Waals surface area contributed by atoms with Crippen molar-refractivity contribution in [2.45, 2.75) is 19.8 Å². The number of amides is 1. The molecule has 0 saturated carbocycles. The highest BCUT2D eigenvalue weighted by atomic mass is 16.6. The van der Waals surface area contributed by atoms with Gasteiger partial charge in [0.25, 0.3) is 5.69 Å². The number of hydrogen-bond donors (Lipinski definition) is 1. The molecule has 0 aliphatic rings. The molecule has 0 unspecified atom stereocenters. The molecule has 1 aromatic carbocycles. The zero-order valence-corrected chi connectivity index (χ0v) is 13.3. The van der Waals surface area contributed by atoms with Gasteiger partial charge < -0.3 is 14.3 Å². The Labute approximate surface area is 141 Å². The molecule has 2 heterocycles. The molecule has 3 rings (SSSR count). The van der Waals surface area contributed by atoms with Crippen LogP contribution in [0.4, 0.5) is 11.4 Å². The molecular weight excluding hydrogens is 328 g/mol. The van der Waals surface area contributed by atoms with Crippen molar-refractivity contribution in [3.05, 3.63) is 58.2 Å². The van der Waals surface area contributed by atoms with Crippen molar-refractivity contribution in [3.8, 4) is 11.6 Å². The second-order valence-corrected chi connectivity index (χ2v) is 5.30. The number of hydrogen-bond acceptors (Lipinski definition) is 7. The van der Waals surface area contributed by atoms with Crippen LogP contribution in [0.15, 0.2) is 45.5 Å². The quantitative estimate of drug-likeness (QED) is 0.539. The van der Waals surface area contributed by atoms with Crippen LogP contribution in [-0.2, 0) is 11.2 Å². The lowest BCUT2D eigenvalue weighted by atomic mass is 10.2. The lowest BCUT2D eigenvalue weighted by Gasteiger charge is -2.05. The molecule has 0 aliphatic heterocycles. The van der Waals surface area contributed by atoms with Crippen LogP contribution in [0.2, 0.25) is 0 Å². The molecule has 128 valence electrons. The van der Waals surface area contributed by atoms with Crippen molar-refractivity contribution >= 4 is 17.3 Å². The number of anilines is 1. The molecule has 0 aliphatic carbocycles. The largest absolute Gasteiger partial charge is 0.461 e. The minimum Gasteiger partial charge on any atom is -0.461 e. The molecule has 3 aromatic rings. The van der Waals surface area contributed by atoms with Crippen molar-refractivity contribution in [2.75, 3.05) is 5.32 Å². The number of nitrogens with one attached hydrogen (secondary N) is 1. The number of rotatable bonds is 6. The van der Waals surface area contributed by atoms with E-state index in [1.165, 1.54) is 12.3 Å². The molecule has 1 amide bonds. The predicted molar refractivity (Wildman–Crippen MR) is 86.8 cm³/mol. The summed E-state index contributed by atoms with van der Waals surface area (Å²) in [5.41, 5.74) is 0.848. The molecule has 9 heteroatoms. The second-order valence-electron chi connectivity index (χ2n) is 5.30. The molecule has 0 spiro atoms. The molecular formula is C16H14N4O5. The fourth-order valence-corrected chi connectivity index (χ4v) is 2.19. The van der Waals surface area contributed by atoms with Crippen LogP contribution in [0.25, 0.3) is 11.6 Å². The summed E-state index contributed by atoms with van der Waals surface area (Å²) in [4.78, 5) is 26.6. The molecule has 1 N–H and O–H groups in total. The third-order valence-corrected chi connectivity index (χ3v) is 3.47. The van der Waals surface area contributed by atoms with Crippen LogP contribution in [0.5, 0.6) is 0 Å². The summed E-state index contributed by atoms with van der Waals surface area (Å²) in [6, 6.07) is 7.93. The molecule has 0 atom stereocenters. The Balaban J connectivity index is 1.58. The van der Waals surface area contributed by atoms with Gasteiger partial charge in [-0.3, -0.25) is 14.9 Å². The lowest BCUT2D eigenvalue weighted by Crippen LogP contribution is -2.12. The fourth-order valence-electron chi connectivity index (χ4n) is 2.19. The Morgan fingerprint density at radius 1 is 1.36 bits per heavy atom. The van der Waals surface area contributed by atoms with Crippen LogP contribution < -0.4 is 5.32 Å². The lowest BCUT2D eigenvalue weighted by molar-refractivity contribution is -0.385. The summed E-state index contributed by atoms with van der Waals surface area (Å²) in [7, 11) is 0. The average molecular weight is 342 g/mol. The van der Waals surface area contributed by atoms with Gasteiger partial charge >= 0.3 is 0 Å². The summed E-state index contributed by atoms with van der Waals surface area (Å²) in [6.07, 6.45) is 1.84. The van der Waals surface area contributed by atoms with Gasteiger partial charge in [0, 0.05) is 30.2 Å². The predicted octanol–water partition coefficient (Wildman–Crippen LogP) is 3.12. The van der Waals surface area contributed by atoms with Crippen LogP contribution in [0, 0.1) is 17.0 Å². The number of nitrogens with zero attached hydrogens (tertiary/aromatic N) is 3. The summed E-state index contributed by atoms with van der Waals surface area (Å²) in [6.45, 7) is 1.63. The van der Waals surface area contributed by atoms with Gasteiger partial charge in [0.15, 0.2) is 5.76 Å². The van der Waals surface area contributed by atoms with Gasteiger partial charge in [0.05, 0.1) is 11.2 Å². The third-order valence-electron chi connectivity index (χ3n) is 3.47. The molecule has 25 heavy (non-hydrogen) atoms. The third kappa shape index (κ3) is 3.89. The second kappa shape index (κ2) is 6.95. The van der Waals surface area contributed by atoms with E-state index in [9.17, 15) is 14.9 Å². The van der Waals surface area contributed by atoms with Crippen LogP contribution >= 0.6 is 0 Å². The van der Waals surface area contributed by atoms with E-state index in [1.807, 2.05) is 0 Å². The molecule has 0 radical (unpaired) electrons. The number of carbonyl (C=O) groups excluding carboxylic acids is 1. The average Bonchev–Trinajstić information content (AvgIpc) is 3.25. The zero-order valence-electron chi connectivity index (χ0n) is 13.3. The SMILES string of the molecule is Cc1ccc(NC(=O)CCc2nc(-c3ccco3)no2)cc1[N+](=O)[O-]. The Kier molecular flexibility index (Phi) is 4.55. The first-order valence-electron chi connectivity index (χ1n) is 7.44. The van der Waals surface area contributed by atoms with E-state index in [-0.39, 0.29) is 24.4 Å². The fraction of sp³-hybridized carbons (Fsp3) is 0.188. The first kappa shape index (κ1) is 16.4. The van der Waals surface area contributed by atoms with Crippen molar-refractivity contribution in [1.82, 2.24) is 10.1 Å². The van der Waals surface area contributed by atoms with E-state index >= 15 is 0 Å². The number of nitro groups is 1. The molecule has 0 bridgehead atoms. The van der Waals surface area contributed by atoms with Crippen LogP contribution in [0.1, 0.15) is 17.9 Å². The number of carbonyl (C=O) groups is 1. The van der Waals surface area contributed by atoms with Gasteiger partial charge in [-0.15, -0.1) is 0 Å². The molecule has 2 aromatic heterocycles. The van der Waals surface area contributed by atoms with Crippen LogP contribution in [0.3, 0.4) is 0 Å². The van der Waals surface area contributed by atoms with Crippen molar-refractivity contribution < 1.29 is 18.7 Å². The maximum absolute atomic E-state index is 12.0. The number of furan rings is 1. The number of benzene rings is 1. The van der Waals surface area contributed by atoms with Gasteiger partial charge in [-0.2, -0.15) is 4.98 Å². The van der Waals surface area contributed by atoms with Gasteiger partial charge in [-0.25, -0.2) is 0 Å². The minimum absolute atomic E-state index is 0.0437. The zero-order chi connectivity index (χ0) is 17.8. The van der Waals surface area contributed by atoms with Gasteiger partial charge in [-0.05, 0) is 25.1 Å².